The van der Waals surface area contributed by atoms with E-state index in [4.69, 9.17) is 10.4 Å². The summed E-state index contributed by atoms with van der Waals surface area (Å²) in [5.41, 5.74) is 12.8. The second kappa shape index (κ2) is 10.5. The SMILES string of the molecule is CC(C=CC1=C(C)CCCC1(C)C)=NNC(=O)c1nnn(-c2nonc2N)c1CN1CCCCC1. The predicted molar refractivity (Wildman–Crippen MR) is 133 cm³/mol. The van der Waals surface area contributed by atoms with Gasteiger partial charge in [0.2, 0.25) is 11.6 Å². The molecule has 0 radical (unpaired) electrons. The van der Waals surface area contributed by atoms with Gasteiger partial charge in [-0.25, -0.2) is 10.1 Å². The summed E-state index contributed by atoms with van der Waals surface area (Å²) in [6, 6.07) is 0. The highest BCUT2D eigenvalue weighted by Gasteiger charge is 2.27. The minimum absolute atomic E-state index is 0.0796. The number of hydrogen-bond acceptors (Lipinski definition) is 9. The fourth-order valence-corrected chi connectivity index (χ4v) is 4.90. The Hall–Kier alpha value is -3.34. The van der Waals surface area contributed by atoms with E-state index in [1.807, 2.05) is 13.0 Å². The number of rotatable bonds is 7. The highest BCUT2D eigenvalue weighted by atomic mass is 16.6. The summed E-state index contributed by atoms with van der Waals surface area (Å²) in [5, 5.41) is 20.0. The van der Waals surface area contributed by atoms with Gasteiger partial charge in [-0.15, -0.1) is 5.10 Å². The lowest BCUT2D eigenvalue weighted by Gasteiger charge is -2.32. The van der Waals surface area contributed by atoms with Crippen molar-refractivity contribution in [2.45, 2.75) is 72.8 Å². The van der Waals surface area contributed by atoms with Crippen LogP contribution in [0.4, 0.5) is 5.82 Å². The Balaban J connectivity index is 1.53. The van der Waals surface area contributed by atoms with Crippen molar-refractivity contribution in [1.82, 2.24) is 35.6 Å². The maximum absolute atomic E-state index is 13.1. The van der Waals surface area contributed by atoms with E-state index < -0.39 is 5.91 Å². The normalized spacial score (nSPS) is 19.5. The molecule has 0 aromatic carbocycles. The van der Waals surface area contributed by atoms with Gasteiger partial charge < -0.3 is 5.73 Å². The van der Waals surface area contributed by atoms with Crippen LogP contribution in [0.3, 0.4) is 0 Å². The van der Waals surface area contributed by atoms with Crippen LogP contribution < -0.4 is 11.2 Å². The van der Waals surface area contributed by atoms with Gasteiger partial charge in [0.15, 0.2) is 5.69 Å². The molecule has 0 spiro atoms. The lowest BCUT2D eigenvalue weighted by Crippen LogP contribution is -2.31. The summed E-state index contributed by atoms with van der Waals surface area (Å²) in [6.07, 6.45) is 11.0. The quantitative estimate of drug-likeness (QED) is 0.453. The molecule has 1 aliphatic heterocycles. The molecule has 11 nitrogen and oxygen atoms in total. The van der Waals surface area contributed by atoms with Crippen molar-refractivity contribution < 1.29 is 9.42 Å². The van der Waals surface area contributed by atoms with Crippen molar-refractivity contribution in [3.05, 3.63) is 34.7 Å². The Morgan fingerprint density at radius 3 is 2.69 bits per heavy atom. The number of nitrogen functional groups attached to an aromatic ring is 1. The number of piperidine rings is 1. The fraction of sp³-hybridized carbons (Fsp3) is 0.583. The maximum Gasteiger partial charge on any atom is 0.293 e. The highest BCUT2D eigenvalue weighted by molar-refractivity contribution is 5.97. The smallest absolute Gasteiger partial charge is 0.293 e. The molecule has 1 fully saturated rings. The van der Waals surface area contributed by atoms with Crippen molar-refractivity contribution in [1.29, 1.82) is 0 Å². The molecule has 0 saturated carbocycles. The zero-order chi connectivity index (χ0) is 25.0. The Bertz CT molecular complexity index is 1150. The van der Waals surface area contributed by atoms with Gasteiger partial charge in [-0.3, -0.25) is 9.69 Å². The predicted octanol–water partition coefficient (Wildman–Crippen LogP) is 3.41. The summed E-state index contributed by atoms with van der Waals surface area (Å²) in [4.78, 5) is 15.3. The van der Waals surface area contributed by atoms with Crippen LogP contribution in [0, 0.1) is 5.41 Å². The van der Waals surface area contributed by atoms with Gasteiger partial charge in [0.25, 0.3) is 5.91 Å². The second-order valence-electron chi connectivity index (χ2n) is 10.1. The molecule has 2 aromatic rings. The standard InChI is InChI=1S/C24H35N9O2/c1-16-9-8-12-24(3,4)18(16)11-10-17(2)26-28-23(34)20-19(15-32-13-6-5-7-14-32)33(31-27-20)22-21(25)29-35-30-22/h10-11H,5-9,12-15H2,1-4H3,(H2,25,29)(H,28,34). The van der Waals surface area contributed by atoms with Crippen molar-refractivity contribution in [3.63, 3.8) is 0 Å². The van der Waals surface area contributed by atoms with Crippen LogP contribution in [-0.4, -0.2) is 54.9 Å². The third-order valence-electron chi connectivity index (χ3n) is 6.86. The van der Waals surface area contributed by atoms with Crippen LogP contribution in [-0.2, 0) is 6.54 Å². The number of allylic oxidation sites excluding steroid dienone is 4. The number of likely N-dealkylation sites (tertiary alicyclic amines) is 1. The van der Waals surface area contributed by atoms with Crippen molar-refractivity contribution >= 4 is 17.4 Å². The van der Waals surface area contributed by atoms with Crippen LogP contribution in [0.1, 0.15) is 82.4 Å². The lowest BCUT2D eigenvalue weighted by atomic mass is 9.72. The Labute approximate surface area is 205 Å². The molecule has 4 rings (SSSR count). The summed E-state index contributed by atoms with van der Waals surface area (Å²) in [7, 11) is 0. The van der Waals surface area contributed by atoms with E-state index in [1.54, 1.807) is 0 Å². The van der Waals surface area contributed by atoms with Crippen LogP contribution in [0.5, 0.6) is 0 Å². The monoisotopic (exact) mass is 481 g/mol. The Morgan fingerprint density at radius 2 is 2.00 bits per heavy atom. The average molecular weight is 482 g/mol. The summed E-state index contributed by atoms with van der Waals surface area (Å²) < 4.78 is 6.15. The van der Waals surface area contributed by atoms with E-state index in [0.29, 0.717) is 18.0 Å². The molecule has 1 amide bonds. The zero-order valence-corrected chi connectivity index (χ0v) is 21.0. The molecule has 3 heterocycles. The fourth-order valence-electron chi connectivity index (χ4n) is 4.90. The summed E-state index contributed by atoms with van der Waals surface area (Å²) in [5.74, 6) is -0.152. The first-order chi connectivity index (χ1) is 16.8. The molecule has 2 aromatic heterocycles. The Morgan fingerprint density at radius 1 is 1.23 bits per heavy atom. The second-order valence-corrected chi connectivity index (χ2v) is 10.1. The van der Waals surface area contributed by atoms with Crippen LogP contribution in [0.25, 0.3) is 5.82 Å². The van der Waals surface area contributed by atoms with E-state index in [0.717, 1.165) is 38.8 Å². The maximum atomic E-state index is 13.1. The van der Waals surface area contributed by atoms with Crippen LogP contribution in [0.15, 0.2) is 33.0 Å². The first-order valence-electron chi connectivity index (χ1n) is 12.2. The molecule has 0 unspecified atom stereocenters. The van der Waals surface area contributed by atoms with Crippen molar-refractivity contribution in [3.8, 4) is 5.82 Å². The third-order valence-corrected chi connectivity index (χ3v) is 6.86. The van der Waals surface area contributed by atoms with Gasteiger partial charge in [0, 0.05) is 6.54 Å². The van der Waals surface area contributed by atoms with Gasteiger partial charge >= 0.3 is 0 Å². The number of anilines is 1. The van der Waals surface area contributed by atoms with Gasteiger partial charge in [-0.1, -0.05) is 37.1 Å². The molecule has 0 bridgehead atoms. The van der Waals surface area contributed by atoms with Crippen molar-refractivity contribution in [2.24, 2.45) is 10.5 Å². The van der Waals surface area contributed by atoms with E-state index >= 15 is 0 Å². The molecule has 3 N–H and O–H groups in total. The number of nitrogens with two attached hydrogens (primary N) is 1. The number of carbonyl (C=O) groups excluding carboxylic acids is 1. The topological polar surface area (TPSA) is 140 Å². The number of nitrogens with one attached hydrogen (secondary N) is 1. The zero-order valence-electron chi connectivity index (χ0n) is 21.0. The minimum atomic E-state index is -0.445. The minimum Gasteiger partial charge on any atom is -0.378 e. The molecule has 11 heteroatoms. The number of nitrogens with zero attached hydrogens (tertiary/aromatic N) is 7. The van der Waals surface area contributed by atoms with E-state index in [1.165, 1.54) is 28.7 Å². The van der Waals surface area contributed by atoms with Crippen LogP contribution >= 0.6 is 0 Å². The first-order valence-corrected chi connectivity index (χ1v) is 12.2. The first kappa shape index (κ1) is 24.8. The molecule has 0 atom stereocenters. The Kier molecular flexibility index (Phi) is 7.44. The number of hydrazone groups is 1. The van der Waals surface area contributed by atoms with E-state index in [9.17, 15) is 4.79 Å². The molecular formula is C24H35N9O2. The number of amides is 1. The number of hydrogen-bond donors (Lipinski definition) is 2. The highest BCUT2D eigenvalue weighted by Crippen LogP contribution is 2.40. The van der Waals surface area contributed by atoms with E-state index in [-0.39, 0.29) is 22.7 Å². The molecule has 188 valence electrons. The van der Waals surface area contributed by atoms with Gasteiger partial charge in [0.1, 0.15) is 0 Å². The van der Waals surface area contributed by atoms with E-state index in [2.05, 4.69) is 62.9 Å². The molecule has 2 aliphatic rings. The van der Waals surface area contributed by atoms with Gasteiger partial charge in [-0.2, -0.15) is 9.78 Å². The lowest BCUT2D eigenvalue weighted by molar-refractivity contribution is 0.0947. The van der Waals surface area contributed by atoms with Gasteiger partial charge in [0.05, 0.1) is 11.4 Å². The summed E-state index contributed by atoms with van der Waals surface area (Å²) in [6.45, 7) is 10.9. The largest absolute Gasteiger partial charge is 0.378 e. The molecular weight excluding hydrogens is 446 g/mol. The molecule has 35 heavy (non-hydrogen) atoms. The third kappa shape index (κ3) is 5.67. The van der Waals surface area contributed by atoms with Crippen LogP contribution in [0.2, 0.25) is 0 Å². The number of carbonyl (C=O) groups is 1. The summed E-state index contributed by atoms with van der Waals surface area (Å²) >= 11 is 0. The number of aromatic nitrogens is 5. The molecule has 1 saturated heterocycles. The molecule has 1 aliphatic carbocycles. The van der Waals surface area contributed by atoms with Gasteiger partial charge in [-0.05, 0) is 86.4 Å². The average Bonchev–Trinajstić information content (AvgIpc) is 3.43. The van der Waals surface area contributed by atoms with Crippen molar-refractivity contribution in [2.75, 3.05) is 18.8 Å².